The summed E-state index contributed by atoms with van der Waals surface area (Å²) < 4.78 is 0. The van der Waals surface area contributed by atoms with Crippen LogP contribution in [0.1, 0.15) is 37.0 Å². The number of aliphatic carboxylic acids is 1. The molecule has 0 bridgehead atoms. The fourth-order valence-corrected chi connectivity index (χ4v) is 4.19. The predicted octanol–water partition coefficient (Wildman–Crippen LogP) is 4.75. The van der Waals surface area contributed by atoms with E-state index in [0.717, 1.165) is 35.4 Å². The zero-order valence-electron chi connectivity index (χ0n) is 13.8. The number of hydrogen-bond acceptors (Lipinski definition) is 4. The number of thiazole rings is 1. The quantitative estimate of drug-likeness (QED) is 0.752. The van der Waals surface area contributed by atoms with Crippen LogP contribution in [0, 0.1) is 12.3 Å². The molecule has 0 radical (unpaired) electrons. The molecule has 1 amide bonds. The lowest BCUT2D eigenvalue weighted by Crippen LogP contribution is -2.44. The van der Waals surface area contributed by atoms with Gasteiger partial charge in [0.1, 0.15) is 5.41 Å². The minimum atomic E-state index is -1.34. The summed E-state index contributed by atoms with van der Waals surface area (Å²) in [6.45, 7) is 1.92. The molecule has 1 aromatic carbocycles. The molecule has 2 N–H and O–H groups in total. The lowest BCUT2D eigenvalue weighted by atomic mass is 9.73. The Morgan fingerprint density at radius 1 is 1.20 bits per heavy atom. The zero-order chi connectivity index (χ0) is 18.0. The van der Waals surface area contributed by atoms with Crippen LogP contribution in [0.5, 0.6) is 0 Å². The van der Waals surface area contributed by atoms with Crippen LogP contribution in [-0.2, 0) is 9.59 Å². The fraction of sp³-hybridized carbons (Fsp3) is 0.389. The predicted molar refractivity (Wildman–Crippen MR) is 99.1 cm³/mol. The molecule has 0 aliphatic heterocycles. The smallest absolute Gasteiger partial charge is 0.319 e. The van der Waals surface area contributed by atoms with E-state index >= 15 is 0 Å². The number of carboxylic acids is 1. The number of nitrogens with one attached hydrogen (secondary N) is 1. The molecule has 0 unspecified atom stereocenters. The molecule has 1 saturated carbocycles. The molecule has 5 nitrogen and oxygen atoms in total. The number of carboxylic acid groups (broad SMARTS) is 1. The van der Waals surface area contributed by atoms with Crippen molar-refractivity contribution in [2.45, 2.75) is 39.0 Å². The van der Waals surface area contributed by atoms with Gasteiger partial charge in [0.15, 0.2) is 5.13 Å². The number of hydrogen-bond donors (Lipinski definition) is 2. The van der Waals surface area contributed by atoms with E-state index in [4.69, 9.17) is 11.6 Å². The van der Waals surface area contributed by atoms with Crippen LogP contribution in [0.4, 0.5) is 5.13 Å². The molecule has 1 aliphatic rings. The first-order valence-electron chi connectivity index (χ1n) is 8.20. The summed E-state index contributed by atoms with van der Waals surface area (Å²) in [4.78, 5) is 29.9. The number of amides is 1. The molecule has 0 saturated heterocycles. The highest BCUT2D eigenvalue weighted by Gasteiger charge is 2.47. The van der Waals surface area contributed by atoms with Crippen LogP contribution in [0.2, 0.25) is 5.02 Å². The van der Waals surface area contributed by atoms with Gasteiger partial charge >= 0.3 is 5.97 Å². The molecule has 3 rings (SSSR count). The van der Waals surface area contributed by atoms with Crippen molar-refractivity contribution in [3.8, 4) is 11.3 Å². The zero-order valence-corrected chi connectivity index (χ0v) is 15.4. The first-order chi connectivity index (χ1) is 11.9. The van der Waals surface area contributed by atoms with Gasteiger partial charge in [-0.2, -0.15) is 0 Å². The summed E-state index contributed by atoms with van der Waals surface area (Å²) in [5.74, 6) is -1.51. The molecule has 1 heterocycles. The number of nitrogens with zero attached hydrogens (tertiary/aromatic N) is 1. The van der Waals surface area contributed by atoms with Crippen LogP contribution in [0.3, 0.4) is 0 Å². The van der Waals surface area contributed by atoms with Crippen LogP contribution >= 0.6 is 22.9 Å². The Kier molecular flexibility index (Phi) is 5.11. The van der Waals surface area contributed by atoms with E-state index in [2.05, 4.69) is 10.3 Å². The lowest BCUT2D eigenvalue weighted by Gasteiger charge is -2.31. The van der Waals surface area contributed by atoms with E-state index in [9.17, 15) is 14.7 Å². The van der Waals surface area contributed by atoms with Crippen molar-refractivity contribution in [2.75, 3.05) is 5.32 Å². The molecule has 132 valence electrons. The maximum Gasteiger partial charge on any atom is 0.319 e. The molecule has 0 spiro atoms. The maximum atomic E-state index is 12.7. The standard InChI is InChI=1S/C18H19ClN2O3S/c1-11-14(12-5-7-13(19)8-6-12)20-17(25-11)21-15(22)18(16(23)24)9-3-2-4-10-18/h5-8H,2-4,9-10H2,1H3,(H,23,24)(H,20,21,22). The van der Waals surface area contributed by atoms with Crippen LogP contribution in [-0.4, -0.2) is 22.0 Å². The first-order valence-corrected chi connectivity index (χ1v) is 9.40. The molecule has 7 heteroatoms. The van der Waals surface area contributed by atoms with Gasteiger partial charge in [-0.15, -0.1) is 11.3 Å². The average Bonchev–Trinajstić information content (AvgIpc) is 2.96. The Hall–Kier alpha value is -1.92. The Balaban J connectivity index is 1.83. The molecule has 1 fully saturated rings. The largest absolute Gasteiger partial charge is 0.480 e. The highest BCUT2D eigenvalue weighted by molar-refractivity contribution is 7.16. The number of aryl methyl sites for hydroxylation is 1. The molecular weight excluding hydrogens is 360 g/mol. The summed E-state index contributed by atoms with van der Waals surface area (Å²) in [5.41, 5.74) is 0.340. The van der Waals surface area contributed by atoms with Crippen LogP contribution < -0.4 is 5.32 Å². The second-order valence-electron chi connectivity index (χ2n) is 6.33. The van der Waals surface area contributed by atoms with E-state index in [-0.39, 0.29) is 0 Å². The molecule has 1 aromatic heterocycles. The van der Waals surface area contributed by atoms with Gasteiger partial charge in [0, 0.05) is 15.5 Å². The summed E-state index contributed by atoms with van der Waals surface area (Å²) in [6.07, 6.45) is 3.24. The third-order valence-corrected chi connectivity index (χ3v) is 5.82. The van der Waals surface area contributed by atoms with E-state index in [1.54, 1.807) is 12.1 Å². The van der Waals surface area contributed by atoms with E-state index in [0.29, 0.717) is 23.0 Å². The van der Waals surface area contributed by atoms with Crippen molar-refractivity contribution in [1.82, 2.24) is 4.98 Å². The van der Waals surface area contributed by atoms with Gasteiger partial charge in [-0.1, -0.05) is 43.0 Å². The average molecular weight is 379 g/mol. The number of benzene rings is 1. The van der Waals surface area contributed by atoms with Crippen molar-refractivity contribution in [3.05, 3.63) is 34.2 Å². The molecule has 1 aliphatic carbocycles. The SMILES string of the molecule is Cc1sc(NC(=O)C2(C(=O)O)CCCCC2)nc1-c1ccc(Cl)cc1. The van der Waals surface area contributed by atoms with E-state index in [1.807, 2.05) is 19.1 Å². The number of aromatic nitrogens is 1. The number of anilines is 1. The number of carbonyl (C=O) groups is 2. The van der Waals surface area contributed by atoms with Gasteiger partial charge < -0.3 is 10.4 Å². The monoisotopic (exact) mass is 378 g/mol. The third kappa shape index (κ3) is 3.55. The first kappa shape index (κ1) is 17.9. The summed E-state index contributed by atoms with van der Waals surface area (Å²) in [6, 6.07) is 7.32. The van der Waals surface area contributed by atoms with Crippen molar-refractivity contribution in [2.24, 2.45) is 5.41 Å². The summed E-state index contributed by atoms with van der Waals surface area (Å²) in [7, 11) is 0. The second-order valence-corrected chi connectivity index (χ2v) is 7.97. The van der Waals surface area contributed by atoms with Gasteiger partial charge in [-0.05, 0) is 31.9 Å². The van der Waals surface area contributed by atoms with E-state index in [1.165, 1.54) is 11.3 Å². The third-order valence-electron chi connectivity index (χ3n) is 4.69. The highest BCUT2D eigenvalue weighted by atomic mass is 35.5. The fourth-order valence-electron chi connectivity index (χ4n) is 3.24. The number of halogens is 1. The minimum absolute atomic E-state index is 0.378. The van der Waals surface area contributed by atoms with Gasteiger partial charge in [0.05, 0.1) is 5.69 Å². The molecule has 2 aromatic rings. The summed E-state index contributed by atoms with van der Waals surface area (Å²) >= 11 is 7.26. The van der Waals surface area contributed by atoms with Crippen LogP contribution in [0.15, 0.2) is 24.3 Å². The van der Waals surface area contributed by atoms with Gasteiger partial charge in [-0.3, -0.25) is 9.59 Å². The van der Waals surface area contributed by atoms with Crippen LogP contribution in [0.25, 0.3) is 11.3 Å². The minimum Gasteiger partial charge on any atom is -0.480 e. The Morgan fingerprint density at radius 3 is 2.44 bits per heavy atom. The molecule has 0 atom stereocenters. The maximum absolute atomic E-state index is 12.7. The summed E-state index contributed by atoms with van der Waals surface area (Å²) in [5, 5.41) is 13.4. The van der Waals surface area contributed by atoms with Gasteiger partial charge in [0.2, 0.25) is 5.91 Å². The molecular formula is C18H19ClN2O3S. The lowest BCUT2D eigenvalue weighted by molar-refractivity contribution is -0.156. The van der Waals surface area contributed by atoms with Crippen molar-refractivity contribution in [3.63, 3.8) is 0 Å². The van der Waals surface area contributed by atoms with Crippen molar-refractivity contribution >= 4 is 39.9 Å². The van der Waals surface area contributed by atoms with Gasteiger partial charge in [-0.25, -0.2) is 4.98 Å². The van der Waals surface area contributed by atoms with Crippen molar-refractivity contribution in [1.29, 1.82) is 0 Å². The molecule has 25 heavy (non-hydrogen) atoms. The normalized spacial score (nSPS) is 16.4. The Morgan fingerprint density at radius 2 is 1.84 bits per heavy atom. The van der Waals surface area contributed by atoms with Crippen molar-refractivity contribution < 1.29 is 14.7 Å². The topological polar surface area (TPSA) is 79.3 Å². The van der Waals surface area contributed by atoms with Gasteiger partial charge in [0.25, 0.3) is 0 Å². The highest BCUT2D eigenvalue weighted by Crippen LogP contribution is 2.39. The Labute approximate surface area is 155 Å². The Bertz CT molecular complexity index is 795. The number of rotatable bonds is 4. The van der Waals surface area contributed by atoms with E-state index < -0.39 is 17.3 Å². The number of carbonyl (C=O) groups excluding carboxylic acids is 1. The second kappa shape index (κ2) is 7.14.